The van der Waals surface area contributed by atoms with Gasteiger partial charge in [0.2, 0.25) is 5.91 Å². The summed E-state index contributed by atoms with van der Waals surface area (Å²) < 4.78 is 0. The Morgan fingerprint density at radius 2 is 2.00 bits per heavy atom. The fraction of sp³-hybridized carbons (Fsp3) is 0.462. The molecular weight excluding hydrogens is 216 g/mol. The maximum absolute atomic E-state index is 12.1. The van der Waals surface area contributed by atoms with Crippen LogP contribution in [0.15, 0.2) is 24.3 Å². The van der Waals surface area contributed by atoms with E-state index < -0.39 is 6.04 Å². The van der Waals surface area contributed by atoms with Crippen LogP contribution in [0, 0.1) is 5.41 Å². The maximum Gasteiger partial charge on any atom is 0.244 e. The molecule has 1 atom stereocenters. The van der Waals surface area contributed by atoms with Crippen LogP contribution in [0.3, 0.4) is 0 Å². The van der Waals surface area contributed by atoms with Crippen molar-refractivity contribution in [3.63, 3.8) is 0 Å². The number of aromatic hydroxyl groups is 1. The molecule has 1 unspecified atom stereocenters. The molecule has 1 aromatic carbocycles. The number of carbonyl (C=O) groups excluding carboxylic acids is 1. The monoisotopic (exact) mass is 236 g/mol. The Hall–Kier alpha value is -1.55. The highest BCUT2D eigenvalue weighted by molar-refractivity contribution is 5.97. The van der Waals surface area contributed by atoms with Gasteiger partial charge in [0.1, 0.15) is 5.75 Å². The molecule has 0 fully saturated rings. The second kappa shape index (κ2) is 4.75. The zero-order valence-corrected chi connectivity index (χ0v) is 10.8. The first-order chi connectivity index (χ1) is 7.73. The van der Waals surface area contributed by atoms with Gasteiger partial charge in [-0.05, 0) is 17.5 Å². The Balaban J connectivity index is 2.91. The minimum Gasteiger partial charge on any atom is -0.508 e. The highest BCUT2D eigenvalue weighted by Crippen LogP contribution is 2.23. The zero-order chi connectivity index (χ0) is 13.2. The number of nitrogens with zero attached hydrogens (tertiary/aromatic N) is 1. The first kappa shape index (κ1) is 13.5. The summed E-state index contributed by atoms with van der Waals surface area (Å²) >= 11 is 0. The van der Waals surface area contributed by atoms with Gasteiger partial charge in [0.05, 0.1) is 6.04 Å². The van der Waals surface area contributed by atoms with Gasteiger partial charge in [0.15, 0.2) is 0 Å². The molecule has 0 aliphatic heterocycles. The molecule has 1 aromatic rings. The van der Waals surface area contributed by atoms with Gasteiger partial charge < -0.3 is 15.7 Å². The van der Waals surface area contributed by atoms with Crippen molar-refractivity contribution in [1.29, 1.82) is 0 Å². The molecule has 0 heterocycles. The van der Waals surface area contributed by atoms with E-state index in [2.05, 4.69) is 0 Å². The third kappa shape index (κ3) is 3.20. The normalized spacial score (nSPS) is 13.2. The van der Waals surface area contributed by atoms with Crippen molar-refractivity contribution < 1.29 is 9.90 Å². The van der Waals surface area contributed by atoms with Crippen molar-refractivity contribution in [2.45, 2.75) is 26.8 Å². The molecule has 0 bridgehead atoms. The van der Waals surface area contributed by atoms with Gasteiger partial charge in [-0.2, -0.15) is 0 Å². The summed E-state index contributed by atoms with van der Waals surface area (Å²) in [6, 6.07) is 5.97. The lowest BCUT2D eigenvalue weighted by atomic mass is 9.86. The molecule has 0 aliphatic carbocycles. The Labute approximate surface area is 102 Å². The molecule has 0 aromatic heterocycles. The van der Waals surface area contributed by atoms with Crippen LogP contribution in [0.4, 0.5) is 5.69 Å². The Morgan fingerprint density at radius 3 is 2.47 bits per heavy atom. The van der Waals surface area contributed by atoms with E-state index in [-0.39, 0.29) is 17.1 Å². The van der Waals surface area contributed by atoms with Gasteiger partial charge in [-0.1, -0.05) is 26.8 Å². The first-order valence-electron chi connectivity index (χ1n) is 5.55. The van der Waals surface area contributed by atoms with E-state index in [9.17, 15) is 9.90 Å². The predicted molar refractivity (Wildman–Crippen MR) is 68.9 cm³/mol. The molecular formula is C13H20N2O2. The average molecular weight is 236 g/mol. The predicted octanol–water partition coefficient (Wildman–Crippen LogP) is 1.73. The quantitative estimate of drug-likeness (QED) is 0.821. The summed E-state index contributed by atoms with van der Waals surface area (Å²) in [6.07, 6.45) is 0. The van der Waals surface area contributed by atoms with Gasteiger partial charge in [-0.15, -0.1) is 0 Å². The summed E-state index contributed by atoms with van der Waals surface area (Å²) in [4.78, 5) is 13.6. The summed E-state index contributed by atoms with van der Waals surface area (Å²) in [5, 5.41) is 9.37. The van der Waals surface area contributed by atoms with Crippen molar-refractivity contribution in [3.05, 3.63) is 24.3 Å². The second-order valence-electron chi connectivity index (χ2n) is 5.26. The number of carbonyl (C=O) groups is 1. The van der Waals surface area contributed by atoms with Crippen LogP contribution in [0.1, 0.15) is 20.8 Å². The van der Waals surface area contributed by atoms with Crippen LogP contribution in [0.5, 0.6) is 5.75 Å². The van der Waals surface area contributed by atoms with E-state index in [1.165, 1.54) is 11.0 Å². The van der Waals surface area contributed by atoms with E-state index in [1.54, 1.807) is 25.2 Å². The van der Waals surface area contributed by atoms with Crippen molar-refractivity contribution in [2.24, 2.45) is 11.1 Å². The third-order valence-corrected chi connectivity index (χ3v) is 2.75. The number of rotatable bonds is 2. The molecule has 1 amide bonds. The molecule has 0 spiro atoms. The molecule has 1 rings (SSSR count). The van der Waals surface area contributed by atoms with Crippen LogP contribution in [0.25, 0.3) is 0 Å². The lowest BCUT2D eigenvalue weighted by molar-refractivity contribution is -0.121. The maximum atomic E-state index is 12.1. The SMILES string of the molecule is CN(C(=O)C(N)C(C)(C)C)c1cccc(O)c1. The van der Waals surface area contributed by atoms with E-state index in [1.807, 2.05) is 20.8 Å². The minimum atomic E-state index is -0.574. The van der Waals surface area contributed by atoms with Crippen molar-refractivity contribution in [2.75, 3.05) is 11.9 Å². The number of anilines is 1. The molecule has 3 N–H and O–H groups in total. The van der Waals surface area contributed by atoms with Crippen LogP contribution in [-0.2, 0) is 4.79 Å². The Kier molecular flexibility index (Phi) is 3.78. The van der Waals surface area contributed by atoms with E-state index in [0.717, 1.165) is 0 Å². The van der Waals surface area contributed by atoms with E-state index >= 15 is 0 Å². The largest absolute Gasteiger partial charge is 0.508 e. The molecule has 4 nitrogen and oxygen atoms in total. The second-order valence-corrected chi connectivity index (χ2v) is 5.26. The number of nitrogens with two attached hydrogens (primary N) is 1. The van der Waals surface area contributed by atoms with E-state index in [4.69, 9.17) is 5.73 Å². The van der Waals surface area contributed by atoms with Crippen molar-refractivity contribution in [3.8, 4) is 5.75 Å². The minimum absolute atomic E-state index is 0.131. The lowest BCUT2D eigenvalue weighted by Gasteiger charge is -2.30. The number of phenolic OH excluding ortho intramolecular Hbond substituents is 1. The van der Waals surface area contributed by atoms with Gasteiger partial charge in [0.25, 0.3) is 0 Å². The van der Waals surface area contributed by atoms with Crippen LogP contribution >= 0.6 is 0 Å². The number of likely N-dealkylation sites (N-methyl/N-ethyl adjacent to an activating group) is 1. The fourth-order valence-corrected chi connectivity index (χ4v) is 1.41. The summed E-state index contributed by atoms with van der Waals surface area (Å²) in [6.45, 7) is 5.77. The lowest BCUT2D eigenvalue weighted by Crippen LogP contribution is -2.49. The van der Waals surface area contributed by atoms with Crippen LogP contribution in [-0.4, -0.2) is 24.1 Å². The van der Waals surface area contributed by atoms with Gasteiger partial charge in [-0.25, -0.2) is 0 Å². The molecule has 0 aliphatic rings. The van der Waals surface area contributed by atoms with Crippen LogP contribution in [0.2, 0.25) is 0 Å². The van der Waals surface area contributed by atoms with Crippen LogP contribution < -0.4 is 10.6 Å². The molecule has 0 saturated carbocycles. The Morgan fingerprint density at radius 1 is 1.41 bits per heavy atom. The number of phenols is 1. The number of hydrogen-bond acceptors (Lipinski definition) is 3. The highest BCUT2D eigenvalue weighted by atomic mass is 16.3. The molecule has 4 heteroatoms. The molecule has 0 radical (unpaired) electrons. The molecule has 0 saturated heterocycles. The standard InChI is InChI=1S/C13H20N2O2/c1-13(2,3)11(14)12(17)15(4)9-6-5-7-10(16)8-9/h5-8,11,16H,14H2,1-4H3. The number of hydrogen-bond donors (Lipinski definition) is 2. The van der Waals surface area contributed by atoms with Crippen molar-refractivity contribution in [1.82, 2.24) is 0 Å². The zero-order valence-electron chi connectivity index (χ0n) is 10.8. The smallest absolute Gasteiger partial charge is 0.244 e. The van der Waals surface area contributed by atoms with Gasteiger partial charge >= 0.3 is 0 Å². The highest BCUT2D eigenvalue weighted by Gasteiger charge is 2.30. The first-order valence-corrected chi connectivity index (χ1v) is 5.55. The summed E-state index contributed by atoms with van der Waals surface area (Å²) in [5.74, 6) is -0.0328. The van der Waals surface area contributed by atoms with Gasteiger partial charge in [-0.3, -0.25) is 4.79 Å². The molecule has 94 valence electrons. The fourth-order valence-electron chi connectivity index (χ4n) is 1.41. The van der Waals surface area contributed by atoms with E-state index in [0.29, 0.717) is 5.69 Å². The van der Waals surface area contributed by atoms with Crippen molar-refractivity contribution >= 4 is 11.6 Å². The number of amides is 1. The number of benzene rings is 1. The summed E-state index contributed by atoms with van der Waals surface area (Å²) in [5.41, 5.74) is 6.26. The average Bonchev–Trinajstić information content (AvgIpc) is 2.25. The summed E-state index contributed by atoms with van der Waals surface area (Å²) in [7, 11) is 1.66. The Bertz CT molecular complexity index is 410. The topological polar surface area (TPSA) is 66.6 Å². The molecule has 17 heavy (non-hydrogen) atoms. The van der Waals surface area contributed by atoms with Gasteiger partial charge in [0, 0.05) is 18.8 Å². The third-order valence-electron chi connectivity index (χ3n) is 2.75.